The van der Waals surface area contributed by atoms with Gasteiger partial charge in [0, 0.05) is 18.8 Å². The molecule has 0 unspecified atom stereocenters. The Labute approximate surface area is 155 Å². The van der Waals surface area contributed by atoms with Crippen LogP contribution < -0.4 is 5.32 Å². The lowest BCUT2D eigenvalue weighted by atomic mass is 9.90. The molecule has 0 bridgehead atoms. The molecular weight excluding hydrogens is 324 g/mol. The van der Waals surface area contributed by atoms with Crippen LogP contribution in [0, 0.1) is 12.8 Å². The van der Waals surface area contributed by atoms with E-state index in [-0.39, 0.29) is 18.2 Å². The number of benzene rings is 2. The lowest BCUT2D eigenvalue weighted by molar-refractivity contribution is -0.135. The van der Waals surface area contributed by atoms with Crippen LogP contribution in [-0.2, 0) is 16.0 Å². The van der Waals surface area contributed by atoms with Gasteiger partial charge in [0.15, 0.2) is 0 Å². The first-order chi connectivity index (χ1) is 12.6. The number of piperidine rings is 1. The van der Waals surface area contributed by atoms with E-state index in [2.05, 4.69) is 29.6 Å². The van der Waals surface area contributed by atoms with Crippen LogP contribution in [0.2, 0.25) is 0 Å². The molecule has 2 amide bonds. The standard InChI is InChI=1S/C22H26N2O2/c1-17-6-5-9-20(14-17)23-21(25)16-22(26)24-12-10-19(11-13-24)15-18-7-3-2-4-8-18/h2-9,14,19H,10-13,15-16H2,1H3,(H,23,25). The molecule has 1 fully saturated rings. The summed E-state index contributed by atoms with van der Waals surface area (Å²) in [7, 11) is 0. The first-order valence-corrected chi connectivity index (χ1v) is 9.28. The lowest BCUT2D eigenvalue weighted by Crippen LogP contribution is -2.40. The third kappa shape index (κ3) is 5.19. The summed E-state index contributed by atoms with van der Waals surface area (Å²) in [6, 6.07) is 18.1. The summed E-state index contributed by atoms with van der Waals surface area (Å²) in [6.07, 6.45) is 2.98. The monoisotopic (exact) mass is 350 g/mol. The SMILES string of the molecule is Cc1cccc(NC(=O)CC(=O)N2CCC(Cc3ccccc3)CC2)c1. The van der Waals surface area contributed by atoms with Crippen molar-refractivity contribution in [2.45, 2.75) is 32.6 Å². The lowest BCUT2D eigenvalue weighted by Gasteiger charge is -2.32. The maximum atomic E-state index is 12.4. The van der Waals surface area contributed by atoms with Gasteiger partial charge in [0.25, 0.3) is 0 Å². The van der Waals surface area contributed by atoms with Gasteiger partial charge in [-0.3, -0.25) is 9.59 Å². The summed E-state index contributed by atoms with van der Waals surface area (Å²) in [5.41, 5.74) is 3.17. The Morgan fingerprint density at radius 2 is 1.77 bits per heavy atom. The first-order valence-electron chi connectivity index (χ1n) is 9.28. The molecule has 26 heavy (non-hydrogen) atoms. The number of carbonyl (C=O) groups is 2. The molecule has 0 spiro atoms. The number of nitrogens with zero attached hydrogens (tertiary/aromatic N) is 1. The highest BCUT2D eigenvalue weighted by atomic mass is 16.2. The molecule has 1 aliphatic rings. The van der Waals surface area contributed by atoms with Crippen LogP contribution in [0.15, 0.2) is 54.6 Å². The van der Waals surface area contributed by atoms with Gasteiger partial charge in [-0.2, -0.15) is 0 Å². The molecule has 0 radical (unpaired) electrons. The molecule has 2 aromatic carbocycles. The minimum absolute atomic E-state index is 0.0756. The quantitative estimate of drug-likeness (QED) is 0.834. The Morgan fingerprint density at radius 1 is 1.04 bits per heavy atom. The van der Waals surface area contributed by atoms with Gasteiger partial charge >= 0.3 is 0 Å². The van der Waals surface area contributed by atoms with Crippen LogP contribution in [0.4, 0.5) is 5.69 Å². The van der Waals surface area contributed by atoms with Gasteiger partial charge in [0.1, 0.15) is 6.42 Å². The van der Waals surface area contributed by atoms with Crippen molar-refractivity contribution in [1.82, 2.24) is 4.90 Å². The van der Waals surface area contributed by atoms with Gasteiger partial charge in [-0.25, -0.2) is 0 Å². The van der Waals surface area contributed by atoms with Crippen LogP contribution in [0.5, 0.6) is 0 Å². The number of nitrogens with one attached hydrogen (secondary N) is 1. The van der Waals surface area contributed by atoms with E-state index >= 15 is 0 Å². The molecule has 4 nitrogen and oxygen atoms in total. The minimum atomic E-state index is -0.244. The zero-order valence-corrected chi connectivity index (χ0v) is 15.3. The number of likely N-dealkylation sites (tertiary alicyclic amines) is 1. The summed E-state index contributed by atoms with van der Waals surface area (Å²) in [4.78, 5) is 26.4. The average molecular weight is 350 g/mol. The topological polar surface area (TPSA) is 49.4 Å². The van der Waals surface area contributed by atoms with E-state index in [1.165, 1.54) is 5.56 Å². The third-order valence-electron chi connectivity index (χ3n) is 4.95. The molecule has 4 heteroatoms. The van der Waals surface area contributed by atoms with E-state index in [4.69, 9.17) is 0 Å². The maximum absolute atomic E-state index is 12.4. The number of rotatable bonds is 5. The van der Waals surface area contributed by atoms with Crippen molar-refractivity contribution in [3.05, 3.63) is 65.7 Å². The number of amides is 2. The average Bonchev–Trinajstić information content (AvgIpc) is 2.63. The highest BCUT2D eigenvalue weighted by molar-refractivity contribution is 6.03. The van der Waals surface area contributed by atoms with Gasteiger partial charge in [0.05, 0.1) is 0 Å². The van der Waals surface area contributed by atoms with Crippen LogP contribution in [0.25, 0.3) is 0 Å². The second-order valence-electron chi connectivity index (χ2n) is 7.11. The normalized spacial score (nSPS) is 14.9. The molecule has 2 aromatic rings. The van der Waals surface area contributed by atoms with Crippen LogP contribution in [0.1, 0.15) is 30.4 Å². The highest BCUT2D eigenvalue weighted by Crippen LogP contribution is 2.22. The van der Waals surface area contributed by atoms with Gasteiger partial charge in [-0.05, 0) is 55.4 Å². The van der Waals surface area contributed by atoms with Crippen molar-refractivity contribution in [2.24, 2.45) is 5.92 Å². The van der Waals surface area contributed by atoms with Crippen molar-refractivity contribution in [1.29, 1.82) is 0 Å². The minimum Gasteiger partial charge on any atom is -0.342 e. The third-order valence-corrected chi connectivity index (χ3v) is 4.95. The summed E-state index contributed by atoms with van der Waals surface area (Å²) in [5.74, 6) is 0.294. The Bertz CT molecular complexity index is 750. The predicted octanol–water partition coefficient (Wildman–Crippen LogP) is 3.80. The van der Waals surface area contributed by atoms with Gasteiger partial charge in [0.2, 0.25) is 11.8 Å². The molecule has 1 N–H and O–H groups in total. The van der Waals surface area contributed by atoms with Crippen molar-refractivity contribution in [2.75, 3.05) is 18.4 Å². The molecule has 136 valence electrons. The number of aryl methyl sites for hydroxylation is 1. The first kappa shape index (κ1) is 18.2. The van der Waals surface area contributed by atoms with E-state index < -0.39 is 0 Å². The molecule has 0 saturated carbocycles. The molecule has 0 atom stereocenters. The van der Waals surface area contributed by atoms with Crippen molar-refractivity contribution < 1.29 is 9.59 Å². The number of hydrogen-bond acceptors (Lipinski definition) is 2. The van der Waals surface area contributed by atoms with Gasteiger partial charge < -0.3 is 10.2 Å². The number of hydrogen-bond donors (Lipinski definition) is 1. The zero-order chi connectivity index (χ0) is 18.4. The molecule has 0 aliphatic carbocycles. The van der Waals surface area contributed by atoms with E-state index in [0.717, 1.165) is 43.6 Å². The second-order valence-corrected chi connectivity index (χ2v) is 7.11. The van der Waals surface area contributed by atoms with Crippen LogP contribution in [-0.4, -0.2) is 29.8 Å². The highest BCUT2D eigenvalue weighted by Gasteiger charge is 2.24. The van der Waals surface area contributed by atoms with Gasteiger partial charge in [-0.15, -0.1) is 0 Å². The fraction of sp³-hybridized carbons (Fsp3) is 0.364. The smallest absolute Gasteiger partial charge is 0.233 e. The summed E-state index contributed by atoms with van der Waals surface area (Å²) in [6.45, 7) is 3.46. The molecule has 0 aromatic heterocycles. The van der Waals surface area contributed by atoms with E-state index in [1.54, 1.807) is 0 Å². The Morgan fingerprint density at radius 3 is 2.46 bits per heavy atom. The zero-order valence-electron chi connectivity index (χ0n) is 15.3. The number of carbonyl (C=O) groups excluding carboxylic acids is 2. The predicted molar refractivity (Wildman–Crippen MR) is 104 cm³/mol. The molecule has 1 aliphatic heterocycles. The fourth-order valence-corrected chi connectivity index (χ4v) is 3.51. The van der Waals surface area contributed by atoms with Gasteiger partial charge in [-0.1, -0.05) is 42.5 Å². The summed E-state index contributed by atoms with van der Waals surface area (Å²) < 4.78 is 0. The Kier molecular flexibility index (Phi) is 6.05. The number of anilines is 1. The van der Waals surface area contributed by atoms with Crippen LogP contribution >= 0.6 is 0 Å². The van der Waals surface area contributed by atoms with E-state index in [1.807, 2.05) is 42.2 Å². The Balaban J connectivity index is 1.44. The largest absolute Gasteiger partial charge is 0.342 e. The molecule has 1 saturated heterocycles. The maximum Gasteiger partial charge on any atom is 0.233 e. The molecular formula is C22H26N2O2. The van der Waals surface area contributed by atoms with E-state index in [0.29, 0.717) is 5.92 Å². The van der Waals surface area contributed by atoms with E-state index in [9.17, 15) is 9.59 Å². The van der Waals surface area contributed by atoms with Crippen molar-refractivity contribution in [3.8, 4) is 0 Å². The molecule has 3 rings (SSSR count). The summed E-state index contributed by atoms with van der Waals surface area (Å²) >= 11 is 0. The fourth-order valence-electron chi connectivity index (χ4n) is 3.51. The van der Waals surface area contributed by atoms with Crippen LogP contribution in [0.3, 0.4) is 0 Å². The molecule has 1 heterocycles. The van der Waals surface area contributed by atoms with Crippen molar-refractivity contribution >= 4 is 17.5 Å². The Hall–Kier alpha value is -2.62. The summed E-state index contributed by atoms with van der Waals surface area (Å²) in [5, 5.41) is 2.81. The second kappa shape index (κ2) is 8.65. The van der Waals surface area contributed by atoms with Crippen molar-refractivity contribution in [3.63, 3.8) is 0 Å².